The van der Waals surface area contributed by atoms with Gasteiger partial charge in [0.15, 0.2) is 0 Å². The molecule has 0 aliphatic rings. The standard InChI is InChI=1S/C14H8F3NO4/c15-14(16,17)9-4-1-3-8(7-9)12-10(13(19)20)5-2-6-11(12)18(21)22/h1-7H,(H,19,20). The van der Waals surface area contributed by atoms with Crippen LogP contribution in [0.2, 0.25) is 0 Å². The monoisotopic (exact) mass is 311 g/mol. The highest BCUT2D eigenvalue weighted by Gasteiger charge is 2.31. The number of carbonyl (C=O) groups is 1. The Balaban J connectivity index is 2.76. The second kappa shape index (κ2) is 5.47. The number of carboxylic acids is 1. The van der Waals surface area contributed by atoms with Crippen molar-refractivity contribution < 1.29 is 28.0 Å². The lowest BCUT2D eigenvalue weighted by Crippen LogP contribution is -2.06. The number of benzene rings is 2. The third-order valence-corrected chi connectivity index (χ3v) is 2.95. The Morgan fingerprint density at radius 1 is 1.14 bits per heavy atom. The summed E-state index contributed by atoms with van der Waals surface area (Å²) in [7, 11) is 0. The minimum Gasteiger partial charge on any atom is -0.478 e. The van der Waals surface area contributed by atoms with Gasteiger partial charge in [0.05, 0.1) is 21.6 Å². The first-order chi connectivity index (χ1) is 10.2. The van der Waals surface area contributed by atoms with E-state index in [1.165, 1.54) is 12.1 Å². The molecule has 0 bridgehead atoms. The Morgan fingerprint density at radius 2 is 1.77 bits per heavy atom. The summed E-state index contributed by atoms with van der Waals surface area (Å²) in [6, 6.07) is 7.07. The molecule has 0 amide bonds. The lowest BCUT2D eigenvalue weighted by molar-refractivity contribution is -0.384. The second-order valence-electron chi connectivity index (χ2n) is 4.34. The van der Waals surface area contributed by atoms with Gasteiger partial charge in [-0.15, -0.1) is 0 Å². The van der Waals surface area contributed by atoms with Gasteiger partial charge in [-0.05, 0) is 23.8 Å². The molecule has 2 aromatic rings. The van der Waals surface area contributed by atoms with Crippen LogP contribution in [0.5, 0.6) is 0 Å². The first-order valence-electron chi connectivity index (χ1n) is 5.90. The molecule has 22 heavy (non-hydrogen) atoms. The number of halogens is 3. The number of nitrogens with zero attached hydrogens (tertiary/aromatic N) is 1. The first kappa shape index (κ1) is 15.5. The highest BCUT2D eigenvalue weighted by molar-refractivity contribution is 5.99. The number of hydrogen-bond donors (Lipinski definition) is 1. The van der Waals surface area contributed by atoms with Gasteiger partial charge >= 0.3 is 12.1 Å². The molecular formula is C14H8F3NO4. The van der Waals surface area contributed by atoms with Crippen LogP contribution in [0.1, 0.15) is 15.9 Å². The van der Waals surface area contributed by atoms with Crippen molar-refractivity contribution in [1.82, 2.24) is 0 Å². The Bertz CT molecular complexity index is 724. The van der Waals surface area contributed by atoms with E-state index in [1.807, 2.05) is 0 Å². The third-order valence-electron chi connectivity index (χ3n) is 2.95. The van der Waals surface area contributed by atoms with E-state index < -0.39 is 33.9 Å². The Morgan fingerprint density at radius 3 is 2.32 bits per heavy atom. The quantitative estimate of drug-likeness (QED) is 0.686. The van der Waals surface area contributed by atoms with Gasteiger partial charge in [-0.3, -0.25) is 10.1 Å². The highest BCUT2D eigenvalue weighted by atomic mass is 19.4. The van der Waals surface area contributed by atoms with Crippen LogP contribution >= 0.6 is 0 Å². The van der Waals surface area contributed by atoms with E-state index in [4.69, 9.17) is 5.11 Å². The lowest BCUT2D eigenvalue weighted by atomic mass is 9.96. The Labute approximate surface area is 121 Å². The summed E-state index contributed by atoms with van der Waals surface area (Å²) in [5, 5.41) is 20.2. The van der Waals surface area contributed by atoms with Crippen molar-refractivity contribution in [3.8, 4) is 11.1 Å². The molecule has 0 atom stereocenters. The maximum absolute atomic E-state index is 12.8. The molecule has 0 unspecified atom stereocenters. The summed E-state index contributed by atoms with van der Waals surface area (Å²) in [5.41, 5.74) is -2.56. The van der Waals surface area contributed by atoms with E-state index in [-0.39, 0.29) is 11.1 Å². The van der Waals surface area contributed by atoms with Gasteiger partial charge in [-0.2, -0.15) is 13.2 Å². The Kier molecular flexibility index (Phi) is 3.85. The van der Waals surface area contributed by atoms with Crippen LogP contribution in [0, 0.1) is 10.1 Å². The molecule has 1 N–H and O–H groups in total. The van der Waals surface area contributed by atoms with Crippen molar-refractivity contribution in [2.45, 2.75) is 6.18 Å². The topological polar surface area (TPSA) is 80.4 Å². The lowest BCUT2D eigenvalue weighted by Gasteiger charge is -2.11. The summed E-state index contributed by atoms with van der Waals surface area (Å²) in [6.45, 7) is 0. The summed E-state index contributed by atoms with van der Waals surface area (Å²) >= 11 is 0. The number of aromatic carboxylic acids is 1. The zero-order valence-electron chi connectivity index (χ0n) is 10.8. The van der Waals surface area contributed by atoms with Crippen molar-refractivity contribution in [3.63, 3.8) is 0 Å². The van der Waals surface area contributed by atoms with Crippen LogP contribution in [-0.2, 0) is 6.18 Å². The van der Waals surface area contributed by atoms with E-state index in [1.54, 1.807) is 0 Å². The molecule has 0 aliphatic carbocycles. The van der Waals surface area contributed by atoms with Crippen LogP contribution in [0.25, 0.3) is 11.1 Å². The molecule has 2 rings (SSSR count). The fourth-order valence-electron chi connectivity index (χ4n) is 2.02. The smallest absolute Gasteiger partial charge is 0.416 e. The van der Waals surface area contributed by atoms with Crippen molar-refractivity contribution in [1.29, 1.82) is 0 Å². The van der Waals surface area contributed by atoms with Crippen LogP contribution in [0.15, 0.2) is 42.5 Å². The second-order valence-corrected chi connectivity index (χ2v) is 4.34. The fraction of sp³-hybridized carbons (Fsp3) is 0.0714. The minimum atomic E-state index is -4.64. The average Bonchev–Trinajstić information content (AvgIpc) is 2.45. The van der Waals surface area contributed by atoms with Gasteiger partial charge in [-0.1, -0.05) is 18.2 Å². The number of alkyl halides is 3. The Hall–Kier alpha value is -2.90. The first-order valence-corrected chi connectivity index (χ1v) is 5.90. The summed E-state index contributed by atoms with van der Waals surface area (Å²) in [4.78, 5) is 21.4. The number of rotatable bonds is 3. The molecule has 0 aliphatic heterocycles. The molecule has 0 radical (unpaired) electrons. The van der Waals surface area contributed by atoms with Crippen LogP contribution < -0.4 is 0 Å². The van der Waals surface area contributed by atoms with E-state index in [2.05, 4.69) is 0 Å². The molecule has 5 nitrogen and oxygen atoms in total. The molecule has 114 valence electrons. The summed E-state index contributed by atoms with van der Waals surface area (Å²) in [5.74, 6) is -1.46. The van der Waals surface area contributed by atoms with E-state index in [0.29, 0.717) is 6.07 Å². The number of nitro groups is 1. The van der Waals surface area contributed by atoms with E-state index in [9.17, 15) is 28.1 Å². The van der Waals surface area contributed by atoms with Gasteiger partial charge in [0, 0.05) is 6.07 Å². The zero-order valence-corrected chi connectivity index (χ0v) is 10.8. The zero-order chi connectivity index (χ0) is 16.5. The molecule has 0 saturated heterocycles. The SMILES string of the molecule is O=C(O)c1cccc([N+](=O)[O-])c1-c1cccc(C(F)(F)F)c1. The number of hydrogen-bond acceptors (Lipinski definition) is 3. The summed E-state index contributed by atoms with van der Waals surface area (Å²) in [6.07, 6.45) is -4.64. The molecule has 0 saturated carbocycles. The largest absolute Gasteiger partial charge is 0.478 e. The highest BCUT2D eigenvalue weighted by Crippen LogP contribution is 2.37. The van der Waals surface area contributed by atoms with Gasteiger partial charge in [-0.25, -0.2) is 4.79 Å². The predicted octanol–water partition coefficient (Wildman–Crippen LogP) is 3.98. The molecule has 0 aromatic heterocycles. The maximum Gasteiger partial charge on any atom is 0.416 e. The van der Waals surface area contributed by atoms with Crippen LogP contribution in [0.4, 0.5) is 18.9 Å². The normalized spacial score (nSPS) is 11.2. The van der Waals surface area contributed by atoms with Gasteiger partial charge in [0.2, 0.25) is 0 Å². The van der Waals surface area contributed by atoms with Gasteiger partial charge in [0.25, 0.3) is 5.69 Å². The molecule has 8 heteroatoms. The molecule has 0 spiro atoms. The van der Waals surface area contributed by atoms with Crippen LogP contribution in [-0.4, -0.2) is 16.0 Å². The van der Waals surface area contributed by atoms with Crippen molar-refractivity contribution >= 4 is 11.7 Å². The third kappa shape index (κ3) is 2.90. The summed E-state index contributed by atoms with van der Waals surface area (Å²) < 4.78 is 38.3. The predicted molar refractivity (Wildman–Crippen MR) is 70.5 cm³/mol. The average molecular weight is 311 g/mol. The van der Waals surface area contributed by atoms with Crippen LogP contribution in [0.3, 0.4) is 0 Å². The molecular weight excluding hydrogens is 303 g/mol. The van der Waals surface area contributed by atoms with Gasteiger partial charge < -0.3 is 5.11 Å². The fourth-order valence-corrected chi connectivity index (χ4v) is 2.02. The van der Waals surface area contributed by atoms with Crippen molar-refractivity contribution in [2.75, 3.05) is 0 Å². The molecule has 2 aromatic carbocycles. The van der Waals surface area contributed by atoms with Crippen molar-refractivity contribution in [2.24, 2.45) is 0 Å². The van der Waals surface area contributed by atoms with Gasteiger partial charge in [0.1, 0.15) is 0 Å². The van der Waals surface area contributed by atoms with E-state index >= 15 is 0 Å². The molecule has 0 heterocycles. The van der Waals surface area contributed by atoms with E-state index in [0.717, 1.165) is 24.3 Å². The number of carboxylic acid groups (broad SMARTS) is 1. The maximum atomic E-state index is 12.8. The number of nitro benzene ring substituents is 1. The molecule has 0 fully saturated rings. The minimum absolute atomic E-state index is 0.181. The van der Waals surface area contributed by atoms with Crippen molar-refractivity contribution in [3.05, 3.63) is 63.7 Å².